The minimum atomic E-state index is -4.11. The number of rotatable bonds is 3. The molecule has 0 bridgehead atoms. The molecule has 0 aliphatic heterocycles. The highest BCUT2D eigenvalue weighted by atomic mass is 35.5. The maximum absolute atomic E-state index is 11.6. The van der Waals surface area contributed by atoms with Crippen LogP contribution in [0.3, 0.4) is 0 Å². The molecule has 1 rings (SSSR count). The summed E-state index contributed by atoms with van der Waals surface area (Å²) >= 11 is 5.61. The van der Waals surface area contributed by atoms with Gasteiger partial charge in [-0.3, -0.25) is 0 Å². The Bertz CT molecular complexity index is 142. The lowest BCUT2D eigenvalue weighted by Crippen LogP contribution is -2.32. The molecule has 0 aromatic rings. The lowest BCUT2D eigenvalue weighted by molar-refractivity contribution is -0.151. The lowest BCUT2D eigenvalue weighted by Gasteiger charge is -2.30. The maximum atomic E-state index is 11.6. The molecule has 0 aromatic carbocycles. The zero-order chi connectivity index (χ0) is 9.19. The molecule has 0 atom stereocenters. The van der Waals surface area contributed by atoms with Crippen LogP contribution in [0.25, 0.3) is 0 Å². The standard InChI is InChI=1S/C7H10ClF3O/c8-5-3-6(4-5)12-2-1-7(9,10)11/h5-6H,1-4H2. The molecule has 0 saturated heterocycles. The van der Waals surface area contributed by atoms with Gasteiger partial charge in [-0.1, -0.05) is 0 Å². The second-order valence-corrected chi connectivity index (χ2v) is 3.54. The second-order valence-electron chi connectivity index (χ2n) is 2.93. The van der Waals surface area contributed by atoms with Gasteiger partial charge in [-0.05, 0) is 12.8 Å². The third-order valence-corrected chi connectivity index (χ3v) is 2.13. The third kappa shape index (κ3) is 3.63. The summed E-state index contributed by atoms with van der Waals surface area (Å²) in [4.78, 5) is 0. The van der Waals surface area contributed by atoms with E-state index < -0.39 is 12.6 Å². The van der Waals surface area contributed by atoms with Crippen molar-refractivity contribution in [3.63, 3.8) is 0 Å². The van der Waals surface area contributed by atoms with Crippen molar-refractivity contribution in [1.29, 1.82) is 0 Å². The van der Waals surface area contributed by atoms with E-state index in [0.29, 0.717) is 12.8 Å². The van der Waals surface area contributed by atoms with Gasteiger partial charge in [-0.25, -0.2) is 0 Å². The van der Waals surface area contributed by atoms with Crippen molar-refractivity contribution in [3.05, 3.63) is 0 Å². The predicted octanol–water partition coefficient (Wildman–Crippen LogP) is 2.73. The van der Waals surface area contributed by atoms with E-state index in [1.165, 1.54) is 0 Å². The predicted molar refractivity (Wildman–Crippen MR) is 39.3 cm³/mol. The van der Waals surface area contributed by atoms with Gasteiger partial charge in [0.1, 0.15) is 0 Å². The van der Waals surface area contributed by atoms with E-state index in [-0.39, 0.29) is 18.1 Å². The van der Waals surface area contributed by atoms with Gasteiger partial charge in [0.2, 0.25) is 0 Å². The molecule has 5 heteroatoms. The average molecular weight is 203 g/mol. The fraction of sp³-hybridized carbons (Fsp3) is 1.00. The molecule has 0 spiro atoms. The summed E-state index contributed by atoms with van der Waals surface area (Å²) in [6.07, 6.45) is -3.66. The molecule has 0 amide bonds. The molecular formula is C7H10ClF3O. The summed E-state index contributed by atoms with van der Waals surface area (Å²) in [6, 6.07) is 0. The molecule has 72 valence electrons. The van der Waals surface area contributed by atoms with Crippen molar-refractivity contribution in [3.8, 4) is 0 Å². The van der Waals surface area contributed by atoms with Gasteiger partial charge < -0.3 is 4.74 Å². The smallest absolute Gasteiger partial charge is 0.378 e. The average Bonchev–Trinajstić information content (AvgIpc) is 1.81. The molecule has 1 saturated carbocycles. The van der Waals surface area contributed by atoms with Gasteiger partial charge in [0, 0.05) is 5.38 Å². The first-order valence-electron chi connectivity index (χ1n) is 3.80. The number of alkyl halides is 4. The van der Waals surface area contributed by atoms with Crippen LogP contribution in [0.4, 0.5) is 13.2 Å². The van der Waals surface area contributed by atoms with Crippen molar-refractivity contribution in [2.45, 2.75) is 36.9 Å². The van der Waals surface area contributed by atoms with Crippen LogP contribution in [0.2, 0.25) is 0 Å². The largest absolute Gasteiger partial charge is 0.391 e. The zero-order valence-electron chi connectivity index (χ0n) is 6.40. The Labute approximate surface area is 73.8 Å². The Kier molecular flexibility index (Phi) is 3.23. The van der Waals surface area contributed by atoms with Gasteiger partial charge in [-0.2, -0.15) is 13.2 Å². The Hall–Kier alpha value is 0.0400. The van der Waals surface area contributed by atoms with Crippen LogP contribution in [0, 0.1) is 0 Å². The molecule has 1 nitrogen and oxygen atoms in total. The van der Waals surface area contributed by atoms with Crippen LogP contribution in [-0.2, 0) is 4.74 Å². The SMILES string of the molecule is FC(F)(F)CCOC1CC(Cl)C1. The van der Waals surface area contributed by atoms with Crippen LogP contribution in [0.1, 0.15) is 19.3 Å². The number of ether oxygens (including phenoxy) is 1. The Morgan fingerprint density at radius 3 is 2.33 bits per heavy atom. The molecule has 1 fully saturated rings. The van der Waals surface area contributed by atoms with Crippen molar-refractivity contribution >= 4 is 11.6 Å². The van der Waals surface area contributed by atoms with Crippen molar-refractivity contribution < 1.29 is 17.9 Å². The summed E-state index contributed by atoms with van der Waals surface area (Å²) in [5.74, 6) is 0. The van der Waals surface area contributed by atoms with E-state index in [1.807, 2.05) is 0 Å². The Balaban J connectivity index is 1.97. The van der Waals surface area contributed by atoms with Gasteiger partial charge in [-0.15, -0.1) is 11.6 Å². The minimum Gasteiger partial charge on any atom is -0.378 e. The van der Waals surface area contributed by atoms with Crippen LogP contribution >= 0.6 is 11.6 Å². The molecule has 0 unspecified atom stereocenters. The third-order valence-electron chi connectivity index (χ3n) is 1.78. The molecule has 0 radical (unpaired) electrons. The molecule has 0 heterocycles. The van der Waals surface area contributed by atoms with Crippen molar-refractivity contribution in [2.75, 3.05) is 6.61 Å². The van der Waals surface area contributed by atoms with Gasteiger partial charge >= 0.3 is 6.18 Å². The maximum Gasteiger partial charge on any atom is 0.391 e. The molecule has 0 N–H and O–H groups in total. The summed E-state index contributed by atoms with van der Waals surface area (Å²) < 4.78 is 39.7. The first-order chi connectivity index (χ1) is 5.47. The number of hydrogen-bond donors (Lipinski definition) is 0. The lowest BCUT2D eigenvalue weighted by atomic mass is 9.95. The van der Waals surface area contributed by atoms with E-state index in [1.54, 1.807) is 0 Å². The first-order valence-corrected chi connectivity index (χ1v) is 4.23. The summed E-state index contributed by atoms with van der Waals surface area (Å²) in [5.41, 5.74) is 0. The minimum absolute atomic E-state index is 0.0464. The fourth-order valence-corrected chi connectivity index (χ4v) is 1.38. The summed E-state index contributed by atoms with van der Waals surface area (Å²) in [7, 11) is 0. The van der Waals surface area contributed by atoms with Gasteiger partial charge in [0.25, 0.3) is 0 Å². The highest BCUT2D eigenvalue weighted by Gasteiger charge is 2.31. The molecular weight excluding hydrogens is 193 g/mol. The highest BCUT2D eigenvalue weighted by molar-refractivity contribution is 6.21. The number of halogens is 4. The van der Waals surface area contributed by atoms with Crippen molar-refractivity contribution in [2.24, 2.45) is 0 Å². The highest BCUT2D eigenvalue weighted by Crippen LogP contribution is 2.29. The topological polar surface area (TPSA) is 9.23 Å². The van der Waals surface area contributed by atoms with Crippen LogP contribution in [0.15, 0.2) is 0 Å². The first kappa shape index (κ1) is 10.1. The molecule has 12 heavy (non-hydrogen) atoms. The van der Waals surface area contributed by atoms with E-state index in [4.69, 9.17) is 16.3 Å². The zero-order valence-corrected chi connectivity index (χ0v) is 7.16. The molecule has 0 aromatic heterocycles. The van der Waals surface area contributed by atoms with Gasteiger partial charge in [0.15, 0.2) is 0 Å². The van der Waals surface area contributed by atoms with Crippen LogP contribution < -0.4 is 0 Å². The molecule has 1 aliphatic carbocycles. The fourth-order valence-electron chi connectivity index (χ4n) is 0.979. The van der Waals surface area contributed by atoms with E-state index in [2.05, 4.69) is 0 Å². The van der Waals surface area contributed by atoms with Crippen molar-refractivity contribution in [1.82, 2.24) is 0 Å². The normalized spacial score (nSPS) is 30.0. The summed E-state index contributed by atoms with van der Waals surface area (Å²) in [6.45, 7) is -0.238. The quantitative estimate of drug-likeness (QED) is 0.640. The molecule has 1 aliphatic rings. The number of hydrogen-bond acceptors (Lipinski definition) is 1. The summed E-state index contributed by atoms with van der Waals surface area (Å²) in [5, 5.41) is 0.0980. The van der Waals surface area contributed by atoms with E-state index in [9.17, 15) is 13.2 Å². The van der Waals surface area contributed by atoms with Crippen LogP contribution in [-0.4, -0.2) is 24.3 Å². The van der Waals surface area contributed by atoms with E-state index in [0.717, 1.165) is 0 Å². The van der Waals surface area contributed by atoms with Crippen LogP contribution in [0.5, 0.6) is 0 Å². The van der Waals surface area contributed by atoms with E-state index >= 15 is 0 Å². The monoisotopic (exact) mass is 202 g/mol. The second kappa shape index (κ2) is 3.83. The van der Waals surface area contributed by atoms with Gasteiger partial charge in [0.05, 0.1) is 19.1 Å². The Morgan fingerprint density at radius 1 is 1.33 bits per heavy atom. The Morgan fingerprint density at radius 2 is 1.92 bits per heavy atom.